The maximum atomic E-state index is 14.5. The van der Waals surface area contributed by atoms with Crippen LogP contribution in [0, 0.1) is 17.6 Å². The number of rotatable bonds is 2. The fraction of sp³-hybridized carbons (Fsp3) is 0.650. The van der Waals surface area contributed by atoms with E-state index in [9.17, 15) is 13.6 Å². The molecule has 0 bridgehead atoms. The molecule has 1 aromatic carbocycles. The van der Waals surface area contributed by atoms with Crippen molar-refractivity contribution in [2.24, 2.45) is 5.92 Å². The van der Waals surface area contributed by atoms with E-state index in [1.54, 1.807) is 0 Å². The molecule has 4 nitrogen and oxygen atoms in total. The quantitative estimate of drug-likeness (QED) is 0.875. The summed E-state index contributed by atoms with van der Waals surface area (Å²) in [5.41, 5.74) is 0.334. The van der Waals surface area contributed by atoms with Gasteiger partial charge in [-0.1, -0.05) is 6.07 Å². The number of nitrogens with zero attached hydrogens (tertiary/aromatic N) is 2. The Labute approximate surface area is 154 Å². The lowest BCUT2D eigenvalue weighted by Crippen LogP contribution is -2.53. The lowest BCUT2D eigenvalue weighted by Gasteiger charge is -2.35. The highest BCUT2D eigenvalue weighted by Crippen LogP contribution is 2.38. The molecular weight excluding hydrogens is 336 g/mol. The van der Waals surface area contributed by atoms with Gasteiger partial charge in [0.2, 0.25) is 5.91 Å². The van der Waals surface area contributed by atoms with E-state index in [1.807, 2.05) is 4.90 Å². The summed E-state index contributed by atoms with van der Waals surface area (Å²) < 4.78 is 27.8. The second kappa shape index (κ2) is 7.24. The Bertz CT molecular complexity index is 674. The SMILES string of the molecule is C[C@@H]1CN(C(=O)[C@@H]2CN(C(C)(C)C)C[C@H]2c2ccc(F)cc2F)CCN1. The van der Waals surface area contributed by atoms with E-state index in [4.69, 9.17) is 0 Å². The van der Waals surface area contributed by atoms with E-state index < -0.39 is 11.6 Å². The molecule has 0 saturated carbocycles. The largest absolute Gasteiger partial charge is 0.340 e. The molecule has 0 aliphatic carbocycles. The lowest BCUT2D eigenvalue weighted by atomic mass is 9.87. The molecule has 0 aromatic heterocycles. The third kappa shape index (κ3) is 3.91. The summed E-state index contributed by atoms with van der Waals surface area (Å²) in [7, 11) is 0. The normalized spacial score (nSPS) is 27.8. The van der Waals surface area contributed by atoms with Crippen LogP contribution < -0.4 is 5.32 Å². The topological polar surface area (TPSA) is 35.6 Å². The van der Waals surface area contributed by atoms with E-state index in [0.717, 1.165) is 12.6 Å². The number of hydrogen-bond acceptors (Lipinski definition) is 3. The van der Waals surface area contributed by atoms with E-state index in [-0.39, 0.29) is 29.3 Å². The molecule has 1 amide bonds. The van der Waals surface area contributed by atoms with Crippen LogP contribution in [0.1, 0.15) is 39.2 Å². The molecule has 3 atom stereocenters. The molecule has 6 heteroatoms. The van der Waals surface area contributed by atoms with Crippen molar-refractivity contribution in [3.63, 3.8) is 0 Å². The summed E-state index contributed by atoms with van der Waals surface area (Å²) in [5.74, 6) is -1.63. The smallest absolute Gasteiger partial charge is 0.227 e. The second-order valence-corrected chi connectivity index (χ2v) is 8.59. The van der Waals surface area contributed by atoms with E-state index in [2.05, 4.69) is 37.9 Å². The average molecular weight is 365 g/mol. The molecule has 2 saturated heterocycles. The third-order valence-electron chi connectivity index (χ3n) is 5.63. The Morgan fingerprint density at radius 2 is 1.92 bits per heavy atom. The van der Waals surface area contributed by atoms with Crippen molar-refractivity contribution in [2.75, 3.05) is 32.7 Å². The first-order valence-electron chi connectivity index (χ1n) is 9.39. The van der Waals surface area contributed by atoms with Crippen LogP contribution in [0.2, 0.25) is 0 Å². The number of carbonyl (C=O) groups excluding carboxylic acids is 1. The minimum Gasteiger partial charge on any atom is -0.340 e. The molecule has 26 heavy (non-hydrogen) atoms. The molecule has 3 rings (SSSR count). The molecule has 1 N–H and O–H groups in total. The van der Waals surface area contributed by atoms with Crippen molar-refractivity contribution in [3.05, 3.63) is 35.4 Å². The summed E-state index contributed by atoms with van der Waals surface area (Å²) in [6.45, 7) is 11.7. The van der Waals surface area contributed by atoms with E-state index >= 15 is 0 Å². The molecule has 2 aliphatic rings. The number of hydrogen-bond donors (Lipinski definition) is 1. The third-order valence-corrected chi connectivity index (χ3v) is 5.63. The molecule has 0 spiro atoms. The Morgan fingerprint density at radius 1 is 1.19 bits per heavy atom. The van der Waals surface area contributed by atoms with Crippen LogP contribution in [0.4, 0.5) is 8.78 Å². The standard InChI is InChI=1S/C20H29F2N3O/c1-13-10-24(8-7-23-13)19(26)17-12-25(20(2,3)4)11-16(17)15-6-5-14(21)9-18(15)22/h5-6,9,13,16-17,23H,7-8,10-12H2,1-4H3/t13-,16+,17-/m1/s1. The van der Waals surface area contributed by atoms with Crippen molar-refractivity contribution < 1.29 is 13.6 Å². The van der Waals surface area contributed by atoms with Gasteiger partial charge in [-0.15, -0.1) is 0 Å². The van der Waals surface area contributed by atoms with Gasteiger partial charge >= 0.3 is 0 Å². The Morgan fingerprint density at radius 3 is 2.54 bits per heavy atom. The number of carbonyl (C=O) groups is 1. The number of nitrogens with one attached hydrogen (secondary N) is 1. The fourth-order valence-electron chi connectivity index (χ4n) is 4.09. The number of likely N-dealkylation sites (tertiary alicyclic amines) is 1. The number of benzene rings is 1. The van der Waals surface area contributed by atoms with Crippen molar-refractivity contribution in [1.82, 2.24) is 15.1 Å². The zero-order valence-corrected chi connectivity index (χ0v) is 16.1. The van der Waals surface area contributed by atoms with Gasteiger partial charge in [-0.05, 0) is 39.3 Å². The first-order valence-corrected chi connectivity index (χ1v) is 9.39. The van der Waals surface area contributed by atoms with E-state index in [1.165, 1.54) is 12.1 Å². The minimum absolute atomic E-state index is 0.0822. The highest BCUT2D eigenvalue weighted by Gasteiger charge is 2.44. The number of piperazine rings is 1. The maximum Gasteiger partial charge on any atom is 0.227 e. The van der Waals surface area contributed by atoms with Crippen LogP contribution in [0.15, 0.2) is 18.2 Å². The zero-order chi connectivity index (χ0) is 19.1. The highest BCUT2D eigenvalue weighted by atomic mass is 19.1. The van der Waals surface area contributed by atoms with Gasteiger partial charge in [0.05, 0.1) is 5.92 Å². The Kier molecular flexibility index (Phi) is 5.35. The molecular formula is C20H29F2N3O. The molecule has 0 unspecified atom stereocenters. The molecule has 2 heterocycles. The van der Waals surface area contributed by atoms with Crippen molar-refractivity contribution in [3.8, 4) is 0 Å². The molecule has 144 valence electrons. The Hall–Kier alpha value is -1.53. The summed E-state index contributed by atoms with van der Waals surface area (Å²) in [5, 5.41) is 3.34. The van der Waals surface area contributed by atoms with E-state index in [0.29, 0.717) is 31.7 Å². The summed E-state index contributed by atoms with van der Waals surface area (Å²) in [6, 6.07) is 3.96. The monoisotopic (exact) mass is 365 g/mol. The highest BCUT2D eigenvalue weighted by molar-refractivity contribution is 5.81. The van der Waals surface area contributed by atoms with Crippen LogP contribution in [0.5, 0.6) is 0 Å². The average Bonchev–Trinajstić information content (AvgIpc) is 2.99. The van der Waals surface area contributed by atoms with Crippen molar-refractivity contribution in [2.45, 2.75) is 45.2 Å². The molecule has 0 radical (unpaired) electrons. The van der Waals surface area contributed by atoms with Gasteiger partial charge in [0.25, 0.3) is 0 Å². The minimum atomic E-state index is -0.587. The van der Waals surface area contributed by atoms with Crippen molar-refractivity contribution in [1.29, 1.82) is 0 Å². The van der Waals surface area contributed by atoms with Crippen LogP contribution >= 0.6 is 0 Å². The number of amides is 1. The summed E-state index contributed by atoms with van der Waals surface area (Å²) in [6.07, 6.45) is 0. The van der Waals surface area contributed by atoms with Crippen LogP contribution in [0.25, 0.3) is 0 Å². The zero-order valence-electron chi connectivity index (χ0n) is 16.1. The molecule has 2 aliphatic heterocycles. The van der Waals surface area contributed by atoms with Gasteiger partial charge < -0.3 is 10.2 Å². The first-order chi connectivity index (χ1) is 12.2. The predicted octanol–water partition coefficient (Wildman–Crippen LogP) is 2.60. The molecule has 2 fully saturated rings. The van der Waals surface area contributed by atoms with Crippen molar-refractivity contribution >= 4 is 5.91 Å². The number of halogens is 2. The lowest BCUT2D eigenvalue weighted by molar-refractivity contribution is -0.136. The van der Waals surface area contributed by atoms with Crippen LogP contribution in [-0.2, 0) is 4.79 Å². The second-order valence-electron chi connectivity index (χ2n) is 8.59. The van der Waals surface area contributed by atoms with Gasteiger partial charge in [0.15, 0.2) is 0 Å². The van der Waals surface area contributed by atoms with Crippen LogP contribution in [-0.4, -0.2) is 60.0 Å². The molecule has 1 aromatic rings. The van der Waals surface area contributed by atoms with Gasteiger partial charge in [0.1, 0.15) is 11.6 Å². The van der Waals surface area contributed by atoms with Gasteiger partial charge in [-0.25, -0.2) is 8.78 Å². The van der Waals surface area contributed by atoms with Gasteiger partial charge in [-0.2, -0.15) is 0 Å². The van der Waals surface area contributed by atoms with Crippen LogP contribution in [0.3, 0.4) is 0 Å². The van der Waals surface area contributed by atoms with Gasteiger partial charge in [-0.3, -0.25) is 9.69 Å². The maximum absolute atomic E-state index is 14.5. The summed E-state index contributed by atoms with van der Waals surface area (Å²) >= 11 is 0. The predicted molar refractivity (Wildman–Crippen MR) is 98.0 cm³/mol. The summed E-state index contributed by atoms with van der Waals surface area (Å²) in [4.78, 5) is 17.4. The fourth-order valence-corrected chi connectivity index (χ4v) is 4.09. The Balaban J connectivity index is 1.89. The first kappa shape index (κ1) is 19.2. The van der Waals surface area contributed by atoms with Gasteiger partial charge in [0, 0.05) is 56.3 Å².